The number of aromatic nitrogens is 4. The monoisotopic (exact) mass is 600 g/mol. The van der Waals surface area contributed by atoms with Crippen LogP contribution in [0.25, 0.3) is 5.69 Å². The highest BCUT2D eigenvalue weighted by Crippen LogP contribution is 2.24. The van der Waals surface area contributed by atoms with Gasteiger partial charge in [0, 0.05) is 24.8 Å². The first kappa shape index (κ1) is 30.3. The Morgan fingerprint density at radius 2 is 1.66 bits per heavy atom. The molecule has 0 unspecified atom stereocenters. The number of carbonyl (C=O) groups excluding carboxylic acids is 3. The van der Waals surface area contributed by atoms with E-state index in [-0.39, 0.29) is 23.4 Å². The van der Waals surface area contributed by atoms with Gasteiger partial charge >= 0.3 is 17.7 Å². The second-order valence-corrected chi connectivity index (χ2v) is 10.9. The van der Waals surface area contributed by atoms with Gasteiger partial charge in [-0.2, -0.15) is 4.68 Å². The van der Waals surface area contributed by atoms with E-state index in [0.29, 0.717) is 33.7 Å². The number of tetrazole rings is 1. The smallest absolute Gasteiger partial charge is 0.377 e. The minimum Gasteiger partial charge on any atom is -0.457 e. The van der Waals surface area contributed by atoms with Gasteiger partial charge in [-0.15, -0.1) is 4.68 Å². The van der Waals surface area contributed by atoms with Crippen LogP contribution in [0, 0.1) is 12.7 Å². The summed E-state index contributed by atoms with van der Waals surface area (Å²) in [6.45, 7) is 6.33. The number of aryl methyl sites for hydroxylation is 1. The molecule has 1 aliphatic rings. The van der Waals surface area contributed by atoms with Gasteiger partial charge in [-0.3, -0.25) is 9.69 Å². The number of benzene rings is 3. The highest BCUT2D eigenvalue weighted by atomic mass is 19.1. The summed E-state index contributed by atoms with van der Waals surface area (Å²) in [5.41, 5.74) is 0.556. The highest BCUT2D eigenvalue weighted by Gasteiger charge is 2.30. The molecule has 2 amide bonds. The van der Waals surface area contributed by atoms with Crippen molar-refractivity contribution < 1.29 is 23.5 Å². The van der Waals surface area contributed by atoms with E-state index in [9.17, 15) is 19.2 Å². The lowest BCUT2D eigenvalue weighted by Crippen LogP contribution is -2.45. The normalized spacial score (nSPS) is 13.2. The van der Waals surface area contributed by atoms with Crippen molar-refractivity contribution in [1.82, 2.24) is 24.7 Å². The van der Waals surface area contributed by atoms with E-state index < -0.39 is 35.5 Å². The Morgan fingerprint density at radius 1 is 0.932 bits per heavy atom. The SMILES string of the molecule is Cc1ccc(N(C(=O)n2nnn(-c3c(F)cccc3C(=O)N3CCCCC3)c2=O)C(C)C)cc1C(=O)OCc1ccccc1. The van der Waals surface area contributed by atoms with Crippen LogP contribution >= 0.6 is 0 Å². The van der Waals surface area contributed by atoms with Crippen molar-refractivity contribution in [2.45, 2.75) is 52.7 Å². The first-order valence-electron chi connectivity index (χ1n) is 14.5. The summed E-state index contributed by atoms with van der Waals surface area (Å²) in [6.07, 6.45) is 2.66. The molecule has 11 nitrogen and oxygen atoms in total. The summed E-state index contributed by atoms with van der Waals surface area (Å²) >= 11 is 0. The standard InChI is InChI=1S/C32H33FN6O5/c1-21(2)37(24-16-15-22(3)26(19-24)30(41)44-20-23-11-6-4-7-12-23)31(42)39-32(43)38(34-35-39)28-25(13-10-14-27(28)33)29(40)36-17-8-5-9-18-36/h4,6-7,10-16,19,21H,5,8-9,17-18,20H2,1-3H3. The van der Waals surface area contributed by atoms with E-state index in [0.717, 1.165) is 30.9 Å². The average Bonchev–Trinajstić information content (AvgIpc) is 3.41. The van der Waals surface area contributed by atoms with Gasteiger partial charge in [0.05, 0.1) is 11.1 Å². The fourth-order valence-electron chi connectivity index (χ4n) is 5.19. The van der Waals surface area contributed by atoms with E-state index in [1.807, 2.05) is 30.3 Å². The molecular formula is C32H33FN6O5. The van der Waals surface area contributed by atoms with Crippen LogP contribution in [0.4, 0.5) is 14.9 Å². The number of hydrogen-bond acceptors (Lipinski definition) is 7. The van der Waals surface area contributed by atoms with Crippen LogP contribution in [0.3, 0.4) is 0 Å². The largest absolute Gasteiger partial charge is 0.457 e. The third kappa shape index (κ3) is 6.14. The van der Waals surface area contributed by atoms with E-state index >= 15 is 4.39 Å². The number of carbonyl (C=O) groups is 3. The Balaban J connectivity index is 1.45. The molecule has 1 aliphatic heterocycles. The first-order valence-corrected chi connectivity index (χ1v) is 14.5. The number of likely N-dealkylation sites (tertiary alicyclic amines) is 1. The third-order valence-electron chi connectivity index (χ3n) is 7.49. The van der Waals surface area contributed by atoms with Crippen LogP contribution in [0.2, 0.25) is 0 Å². The Kier molecular flexibility index (Phi) is 8.98. The number of amides is 2. The Bertz CT molecular complexity index is 1740. The number of para-hydroxylation sites is 1. The minimum absolute atomic E-state index is 0.0496. The van der Waals surface area contributed by atoms with E-state index in [4.69, 9.17) is 4.74 Å². The maximum atomic E-state index is 15.2. The number of piperidine rings is 1. The molecule has 1 aromatic heterocycles. The Labute approximate surface area is 253 Å². The molecular weight excluding hydrogens is 567 g/mol. The highest BCUT2D eigenvalue weighted by molar-refractivity contribution is 5.98. The third-order valence-corrected chi connectivity index (χ3v) is 7.49. The molecule has 0 spiro atoms. The van der Waals surface area contributed by atoms with E-state index in [2.05, 4.69) is 10.4 Å². The molecule has 2 heterocycles. The fourth-order valence-corrected chi connectivity index (χ4v) is 5.19. The molecule has 0 N–H and O–H groups in total. The predicted octanol–water partition coefficient (Wildman–Crippen LogP) is 4.74. The number of anilines is 1. The number of ether oxygens (including phenoxy) is 1. The second-order valence-electron chi connectivity index (χ2n) is 10.9. The van der Waals surface area contributed by atoms with Gasteiger partial charge < -0.3 is 9.64 Å². The van der Waals surface area contributed by atoms with Crippen LogP contribution in [0.15, 0.2) is 71.5 Å². The van der Waals surface area contributed by atoms with E-state index in [1.165, 1.54) is 23.1 Å². The number of hydrogen-bond donors (Lipinski definition) is 0. The zero-order valence-corrected chi connectivity index (χ0v) is 24.8. The molecule has 0 bridgehead atoms. The predicted molar refractivity (Wildman–Crippen MR) is 160 cm³/mol. The second kappa shape index (κ2) is 13.0. The van der Waals surface area contributed by atoms with Crippen molar-refractivity contribution in [2.75, 3.05) is 18.0 Å². The molecule has 12 heteroatoms. The van der Waals surface area contributed by atoms with Gasteiger partial charge in [0.2, 0.25) is 0 Å². The minimum atomic E-state index is -1.05. The van der Waals surface area contributed by atoms with Crippen molar-refractivity contribution >= 4 is 23.6 Å². The molecule has 0 aliphatic carbocycles. The summed E-state index contributed by atoms with van der Waals surface area (Å²) < 4.78 is 21.8. The topological polar surface area (TPSA) is 120 Å². The lowest BCUT2D eigenvalue weighted by atomic mass is 10.1. The lowest BCUT2D eigenvalue weighted by molar-refractivity contribution is 0.0471. The van der Waals surface area contributed by atoms with Crippen LogP contribution in [0.5, 0.6) is 0 Å². The van der Waals surface area contributed by atoms with Crippen molar-refractivity contribution in [3.05, 3.63) is 105 Å². The molecule has 0 radical (unpaired) electrons. The Hall–Kier alpha value is -5.13. The van der Waals surface area contributed by atoms with Crippen LogP contribution in [-0.4, -0.2) is 61.7 Å². The van der Waals surface area contributed by atoms with Gasteiger partial charge in [0.1, 0.15) is 18.1 Å². The van der Waals surface area contributed by atoms with Crippen molar-refractivity contribution in [1.29, 1.82) is 0 Å². The van der Waals surface area contributed by atoms with Gasteiger partial charge in [0.15, 0.2) is 0 Å². The quantitative estimate of drug-likeness (QED) is 0.222. The van der Waals surface area contributed by atoms with Crippen LogP contribution < -0.4 is 10.6 Å². The molecule has 228 valence electrons. The number of halogens is 1. The molecule has 5 rings (SSSR count). The van der Waals surface area contributed by atoms with Crippen LogP contribution in [-0.2, 0) is 11.3 Å². The molecule has 4 aromatic rings. The maximum absolute atomic E-state index is 15.2. The summed E-state index contributed by atoms with van der Waals surface area (Å²) in [5, 5.41) is 7.55. The number of esters is 1. The number of nitrogens with zero attached hydrogens (tertiary/aromatic N) is 6. The summed E-state index contributed by atoms with van der Waals surface area (Å²) in [5.74, 6) is -1.85. The van der Waals surface area contributed by atoms with Crippen molar-refractivity contribution in [3.8, 4) is 5.69 Å². The van der Waals surface area contributed by atoms with Crippen molar-refractivity contribution in [3.63, 3.8) is 0 Å². The lowest BCUT2D eigenvalue weighted by Gasteiger charge is -2.27. The molecule has 44 heavy (non-hydrogen) atoms. The van der Waals surface area contributed by atoms with Gasteiger partial charge in [-0.05, 0) is 85.9 Å². The fraction of sp³-hybridized carbons (Fsp3) is 0.312. The average molecular weight is 601 g/mol. The molecule has 1 saturated heterocycles. The maximum Gasteiger partial charge on any atom is 0.377 e. The Morgan fingerprint density at radius 3 is 2.36 bits per heavy atom. The van der Waals surface area contributed by atoms with Gasteiger partial charge in [-0.25, -0.2) is 18.8 Å². The molecule has 1 fully saturated rings. The first-order chi connectivity index (χ1) is 21.2. The molecule has 0 saturated carbocycles. The molecule has 0 atom stereocenters. The van der Waals surface area contributed by atoms with Crippen molar-refractivity contribution in [2.24, 2.45) is 0 Å². The van der Waals surface area contributed by atoms with E-state index in [1.54, 1.807) is 37.8 Å². The summed E-state index contributed by atoms with van der Waals surface area (Å²) in [7, 11) is 0. The zero-order valence-electron chi connectivity index (χ0n) is 24.8. The molecule has 3 aromatic carbocycles. The number of rotatable bonds is 7. The zero-order chi connectivity index (χ0) is 31.4. The van der Waals surface area contributed by atoms with Crippen LogP contribution in [0.1, 0.15) is 65.0 Å². The van der Waals surface area contributed by atoms with Gasteiger partial charge in [-0.1, -0.05) is 42.5 Å². The summed E-state index contributed by atoms with van der Waals surface area (Å²) in [6, 6.07) is 16.6. The summed E-state index contributed by atoms with van der Waals surface area (Å²) in [4.78, 5) is 56.5. The van der Waals surface area contributed by atoms with Gasteiger partial charge in [0.25, 0.3) is 5.91 Å².